The first-order valence-electron chi connectivity index (χ1n) is 10.6. The second-order valence-electron chi connectivity index (χ2n) is 8.79. The molecule has 172 valence electrons. The van der Waals surface area contributed by atoms with Crippen LogP contribution < -0.4 is 11.5 Å². The fraction of sp³-hybridized carbons (Fsp3) is 0.360. The van der Waals surface area contributed by atoms with Gasteiger partial charge in [0.15, 0.2) is 5.82 Å². The minimum Gasteiger partial charge on any atom is -0.313 e. The van der Waals surface area contributed by atoms with Gasteiger partial charge in [0.1, 0.15) is 0 Å². The molecule has 1 saturated carbocycles. The molecule has 1 aliphatic rings. The van der Waals surface area contributed by atoms with Crippen LogP contribution >= 0.6 is 36.4 Å². The van der Waals surface area contributed by atoms with Gasteiger partial charge in [0, 0.05) is 16.3 Å². The molecule has 4 nitrogen and oxygen atoms in total. The standard InChI is InChI=1S/C25H29ClN4.2ClH/c1-16(2)19-6-9-22-21(15-19)24(18-11-13-25(27,28)14-12-18)30-23(29-22)10-5-17-3-7-20(26)8-4-17;;/h3-10,15-16,18H,11-14,27-28H2,1-2H3;2*1H. The number of hydrogen-bond acceptors (Lipinski definition) is 4. The maximum atomic E-state index is 6.17. The van der Waals surface area contributed by atoms with Gasteiger partial charge in [-0.05, 0) is 73.1 Å². The average Bonchev–Trinajstić information content (AvgIpc) is 2.72. The van der Waals surface area contributed by atoms with Gasteiger partial charge in [-0.15, -0.1) is 24.8 Å². The molecule has 0 spiro atoms. The second kappa shape index (κ2) is 11.0. The van der Waals surface area contributed by atoms with E-state index in [0.29, 0.717) is 11.8 Å². The summed E-state index contributed by atoms with van der Waals surface area (Å²) >= 11 is 5.99. The number of aromatic nitrogens is 2. The van der Waals surface area contributed by atoms with Crippen molar-refractivity contribution in [2.24, 2.45) is 11.5 Å². The molecule has 0 unspecified atom stereocenters. The van der Waals surface area contributed by atoms with E-state index in [1.807, 2.05) is 36.4 Å². The van der Waals surface area contributed by atoms with Crippen LogP contribution in [0, 0.1) is 0 Å². The van der Waals surface area contributed by atoms with Crippen LogP contribution in [-0.4, -0.2) is 15.6 Å². The van der Waals surface area contributed by atoms with E-state index >= 15 is 0 Å². The molecule has 7 heteroatoms. The maximum absolute atomic E-state index is 6.17. The van der Waals surface area contributed by atoms with Crippen molar-refractivity contribution >= 4 is 59.5 Å². The Bertz CT molecular complexity index is 1070. The minimum absolute atomic E-state index is 0. The van der Waals surface area contributed by atoms with Gasteiger partial charge in [0.25, 0.3) is 0 Å². The Morgan fingerprint density at radius 1 is 0.969 bits per heavy atom. The molecular weight excluding hydrogens is 463 g/mol. The predicted octanol–water partition coefficient (Wildman–Crippen LogP) is 6.69. The van der Waals surface area contributed by atoms with E-state index in [1.54, 1.807) is 0 Å². The van der Waals surface area contributed by atoms with E-state index < -0.39 is 5.66 Å². The van der Waals surface area contributed by atoms with Crippen molar-refractivity contribution in [3.8, 4) is 0 Å². The van der Waals surface area contributed by atoms with Crippen molar-refractivity contribution < 1.29 is 0 Å². The molecule has 1 aliphatic carbocycles. The highest BCUT2D eigenvalue weighted by Crippen LogP contribution is 2.37. The van der Waals surface area contributed by atoms with E-state index in [4.69, 9.17) is 33.0 Å². The van der Waals surface area contributed by atoms with Crippen molar-refractivity contribution in [2.75, 3.05) is 0 Å². The van der Waals surface area contributed by atoms with Crippen LogP contribution in [0.5, 0.6) is 0 Å². The van der Waals surface area contributed by atoms with Crippen molar-refractivity contribution in [2.45, 2.75) is 57.0 Å². The Morgan fingerprint density at radius 3 is 2.25 bits per heavy atom. The fourth-order valence-corrected chi connectivity index (χ4v) is 4.23. The SMILES string of the molecule is CC(C)c1ccc2nc(C=Cc3ccc(Cl)cc3)nc(C3CCC(N)(N)CC3)c2c1.Cl.Cl. The van der Waals surface area contributed by atoms with Crippen molar-refractivity contribution in [3.05, 3.63) is 70.1 Å². The molecular formula is C25H31Cl3N4. The Morgan fingerprint density at radius 2 is 1.62 bits per heavy atom. The highest BCUT2D eigenvalue weighted by molar-refractivity contribution is 6.30. The summed E-state index contributed by atoms with van der Waals surface area (Å²) in [6, 6.07) is 14.3. The number of nitrogens with zero attached hydrogens (tertiary/aromatic N) is 2. The zero-order chi connectivity index (χ0) is 21.3. The average molecular weight is 494 g/mol. The van der Waals surface area contributed by atoms with Crippen LogP contribution in [0.3, 0.4) is 0 Å². The van der Waals surface area contributed by atoms with Gasteiger partial charge in [0.05, 0.1) is 16.9 Å². The summed E-state index contributed by atoms with van der Waals surface area (Å²) in [6.07, 6.45) is 7.51. The number of benzene rings is 2. The van der Waals surface area contributed by atoms with E-state index in [-0.39, 0.29) is 24.8 Å². The van der Waals surface area contributed by atoms with Gasteiger partial charge in [-0.25, -0.2) is 9.97 Å². The van der Waals surface area contributed by atoms with E-state index in [9.17, 15) is 0 Å². The van der Waals surface area contributed by atoms with Gasteiger partial charge in [-0.2, -0.15) is 0 Å². The monoisotopic (exact) mass is 492 g/mol. The summed E-state index contributed by atoms with van der Waals surface area (Å²) in [5.41, 5.74) is 16.3. The third-order valence-electron chi connectivity index (χ3n) is 6.03. The number of halogens is 3. The lowest BCUT2D eigenvalue weighted by molar-refractivity contribution is 0.279. The van der Waals surface area contributed by atoms with Crippen molar-refractivity contribution in [1.29, 1.82) is 0 Å². The zero-order valence-corrected chi connectivity index (χ0v) is 20.8. The molecule has 32 heavy (non-hydrogen) atoms. The quantitative estimate of drug-likeness (QED) is 0.397. The third kappa shape index (κ3) is 6.21. The summed E-state index contributed by atoms with van der Waals surface area (Å²) in [6.45, 7) is 4.42. The smallest absolute Gasteiger partial charge is 0.152 e. The Labute approximate surface area is 207 Å². The summed E-state index contributed by atoms with van der Waals surface area (Å²) in [7, 11) is 0. The molecule has 4 rings (SSSR count). The molecule has 4 N–H and O–H groups in total. The Balaban J connectivity index is 0.00000181. The predicted molar refractivity (Wildman–Crippen MR) is 141 cm³/mol. The van der Waals surface area contributed by atoms with Crippen LogP contribution in [-0.2, 0) is 0 Å². The lowest BCUT2D eigenvalue weighted by Crippen LogP contribution is -2.51. The Kier molecular flexibility index (Phi) is 9.09. The van der Waals surface area contributed by atoms with Gasteiger partial charge in [0.2, 0.25) is 0 Å². The first-order chi connectivity index (χ1) is 14.3. The normalized spacial score (nSPS) is 16.2. The van der Waals surface area contributed by atoms with Gasteiger partial charge >= 0.3 is 0 Å². The number of fused-ring (bicyclic) bond motifs is 1. The molecule has 3 aromatic rings. The van der Waals surface area contributed by atoms with E-state index in [2.05, 4.69) is 32.0 Å². The highest BCUT2D eigenvalue weighted by atomic mass is 35.5. The highest BCUT2D eigenvalue weighted by Gasteiger charge is 2.30. The summed E-state index contributed by atoms with van der Waals surface area (Å²) in [5.74, 6) is 1.53. The molecule has 2 aromatic carbocycles. The van der Waals surface area contributed by atoms with Crippen LogP contribution in [0.15, 0.2) is 42.5 Å². The van der Waals surface area contributed by atoms with Crippen molar-refractivity contribution in [1.82, 2.24) is 9.97 Å². The fourth-order valence-electron chi connectivity index (χ4n) is 4.11. The molecule has 0 radical (unpaired) electrons. The largest absolute Gasteiger partial charge is 0.313 e. The van der Waals surface area contributed by atoms with Crippen LogP contribution in [0.2, 0.25) is 5.02 Å². The summed E-state index contributed by atoms with van der Waals surface area (Å²) < 4.78 is 0. The molecule has 1 aromatic heterocycles. The second-order valence-corrected chi connectivity index (χ2v) is 9.23. The molecule has 0 aliphatic heterocycles. The number of nitrogens with two attached hydrogens (primary N) is 2. The molecule has 0 saturated heterocycles. The molecule has 0 bridgehead atoms. The van der Waals surface area contributed by atoms with Gasteiger partial charge < -0.3 is 11.5 Å². The lowest BCUT2D eigenvalue weighted by Gasteiger charge is -2.34. The maximum Gasteiger partial charge on any atom is 0.152 e. The molecule has 1 fully saturated rings. The number of rotatable bonds is 4. The molecule has 0 amide bonds. The number of hydrogen-bond donors (Lipinski definition) is 2. The lowest BCUT2D eigenvalue weighted by atomic mass is 9.80. The first kappa shape index (κ1) is 26.6. The molecule has 1 heterocycles. The van der Waals surface area contributed by atoms with Gasteiger partial charge in [-0.3, -0.25) is 0 Å². The third-order valence-corrected chi connectivity index (χ3v) is 6.28. The van der Waals surface area contributed by atoms with Gasteiger partial charge in [-0.1, -0.05) is 49.7 Å². The van der Waals surface area contributed by atoms with Crippen LogP contribution in [0.25, 0.3) is 23.1 Å². The van der Waals surface area contributed by atoms with E-state index in [1.165, 1.54) is 5.56 Å². The zero-order valence-electron chi connectivity index (χ0n) is 18.4. The van der Waals surface area contributed by atoms with Crippen LogP contribution in [0.4, 0.5) is 0 Å². The minimum atomic E-state index is -0.556. The first-order valence-corrected chi connectivity index (χ1v) is 11.0. The van der Waals surface area contributed by atoms with E-state index in [0.717, 1.165) is 58.7 Å². The van der Waals surface area contributed by atoms with Crippen molar-refractivity contribution in [3.63, 3.8) is 0 Å². The van der Waals surface area contributed by atoms with Crippen LogP contribution in [0.1, 0.15) is 74.0 Å². The molecule has 0 atom stereocenters. The topological polar surface area (TPSA) is 77.8 Å². The summed E-state index contributed by atoms with van der Waals surface area (Å²) in [5, 5.41) is 1.88. The summed E-state index contributed by atoms with van der Waals surface area (Å²) in [4.78, 5) is 9.82. The Hall–Kier alpha value is -1.69.